The third-order valence-electron chi connectivity index (χ3n) is 4.20. The van der Waals surface area contributed by atoms with Crippen LogP contribution in [-0.4, -0.2) is 25.9 Å². The second-order valence-electron chi connectivity index (χ2n) is 5.41. The average molecular weight is 247 g/mol. The van der Waals surface area contributed by atoms with Crippen molar-refractivity contribution in [1.29, 1.82) is 0 Å². The molecule has 3 nitrogen and oxygen atoms in total. The first kappa shape index (κ1) is 12.0. The molecule has 0 aliphatic carbocycles. The van der Waals surface area contributed by atoms with Gasteiger partial charge >= 0.3 is 0 Å². The van der Waals surface area contributed by atoms with Crippen molar-refractivity contribution in [3.8, 4) is 5.75 Å². The van der Waals surface area contributed by atoms with E-state index in [1.165, 1.54) is 5.56 Å². The summed E-state index contributed by atoms with van der Waals surface area (Å²) in [5, 5.41) is 0. The Morgan fingerprint density at radius 3 is 2.83 bits per heavy atom. The van der Waals surface area contributed by atoms with E-state index in [-0.39, 0.29) is 6.04 Å². The van der Waals surface area contributed by atoms with Gasteiger partial charge in [0.25, 0.3) is 0 Å². The molecule has 18 heavy (non-hydrogen) atoms. The second kappa shape index (κ2) is 5.29. The summed E-state index contributed by atoms with van der Waals surface area (Å²) >= 11 is 0. The van der Waals surface area contributed by atoms with E-state index in [1.807, 2.05) is 12.1 Å². The minimum absolute atomic E-state index is 0.205. The Morgan fingerprint density at radius 2 is 2.00 bits per heavy atom. The fourth-order valence-electron chi connectivity index (χ4n) is 3.07. The maximum absolute atomic E-state index is 6.40. The van der Waals surface area contributed by atoms with Crippen LogP contribution in [0.4, 0.5) is 0 Å². The smallest absolute Gasteiger partial charge is 0.122 e. The van der Waals surface area contributed by atoms with Crippen LogP contribution in [0.3, 0.4) is 0 Å². The normalized spacial score (nSPS) is 25.5. The van der Waals surface area contributed by atoms with Crippen molar-refractivity contribution < 1.29 is 9.47 Å². The van der Waals surface area contributed by atoms with E-state index in [0.717, 1.165) is 50.8 Å². The van der Waals surface area contributed by atoms with Crippen LogP contribution in [0, 0.1) is 5.92 Å². The minimum atomic E-state index is 0.205. The molecule has 0 bridgehead atoms. The van der Waals surface area contributed by atoms with E-state index in [4.69, 9.17) is 15.2 Å². The molecule has 2 N–H and O–H groups in total. The predicted molar refractivity (Wildman–Crippen MR) is 70.8 cm³/mol. The molecule has 3 heteroatoms. The molecule has 0 aromatic heterocycles. The van der Waals surface area contributed by atoms with Gasteiger partial charge in [-0.3, -0.25) is 0 Å². The molecule has 2 atom stereocenters. The SMILES string of the molecule is NC(CC1CCOCC1)C1COc2ccccc21. The number of hydrogen-bond acceptors (Lipinski definition) is 3. The van der Waals surface area contributed by atoms with Crippen molar-refractivity contribution in [3.63, 3.8) is 0 Å². The van der Waals surface area contributed by atoms with E-state index in [9.17, 15) is 0 Å². The molecule has 0 spiro atoms. The molecule has 2 unspecified atom stereocenters. The summed E-state index contributed by atoms with van der Waals surface area (Å²) in [4.78, 5) is 0. The van der Waals surface area contributed by atoms with E-state index >= 15 is 0 Å². The third-order valence-corrected chi connectivity index (χ3v) is 4.20. The number of ether oxygens (including phenoxy) is 2. The van der Waals surface area contributed by atoms with Crippen molar-refractivity contribution >= 4 is 0 Å². The topological polar surface area (TPSA) is 44.5 Å². The standard InChI is InChI=1S/C15H21NO2/c16-14(9-11-5-7-17-8-6-11)13-10-18-15-4-2-1-3-12(13)15/h1-4,11,13-14H,5-10,16H2. The van der Waals surface area contributed by atoms with Gasteiger partial charge in [0.15, 0.2) is 0 Å². The lowest BCUT2D eigenvalue weighted by Gasteiger charge is -2.27. The van der Waals surface area contributed by atoms with Crippen LogP contribution in [-0.2, 0) is 4.74 Å². The zero-order chi connectivity index (χ0) is 12.4. The molecular weight excluding hydrogens is 226 g/mol. The highest BCUT2D eigenvalue weighted by Gasteiger charge is 2.30. The number of benzene rings is 1. The van der Waals surface area contributed by atoms with Crippen LogP contribution in [0.1, 0.15) is 30.7 Å². The van der Waals surface area contributed by atoms with Gasteiger partial charge in [-0.25, -0.2) is 0 Å². The largest absolute Gasteiger partial charge is 0.493 e. The lowest BCUT2D eigenvalue weighted by atomic mass is 9.85. The zero-order valence-corrected chi connectivity index (χ0v) is 10.7. The monoisotopic (exact) mass is 247 g/mol. The van der Waals surface area contributed by atoms with E-state index in [1.54, 1.807) is 0 Å². The van der Waals surface area contributed by atoms with E-state index < -0.39 is 0 Å². The van der Waals surface area contributed by atoms with Gasteiger partial charge in [-0.1, -0.05) is 18.2 Å². The van der Waals surface area contributed by atoms with Gasteiger partial charge < -0.3 is 15.2 Å². The fourth-order valence-corrected chi connectivity index (χ4v) is 3.07. The van der Waals surface area contributed by atoms with Gasteiger partial charge in [0.1, 0.15) is 5.75 Å². The molecule has 0 saturated carbocycles. The first-order valence-corrected chi connectivity index (χ1v) is 6.89. The zero-order valence-electron chi connectivity index (χ0n) is 10.7. The Morgan fingerprint density at radius 1 is 1.22 bits per heavy atom. The summed E-state index contributed by atoms with van der Waals surface area (Å²) in [5.41, 5.74) is 7.69. The summed E-state index contributed by atoms with van der Waals surface area (Å²) in [5.74, 6) is 2.11. The molecule has 2 heterocycles. The van der Waals surface area contributed by atoms with Crippen molar-refractivity contribution in [2.75, 3.05) is 19.8 Å². The highest BCUT2D eigenvalue weighted by Crippen LogP contribution is 2.37. The van der Waals surface area contributed by atoms with Crippen LogP contribution in [0.2, 0.25) is 0 Å². The Labute approximate surface area is 108 Å². The summed E-state index contributed by atoms with van der Waals surface area (Å²) < 4.78 is 11.1. The van der Waals surface area contributed by atoms with Crippen LogP contribution < -0.4 is 10.5 Å². The summed E-state index contributed by atoms with van der Waals surface area (Å²) in [6, 6.07) is 8.48. The Bertz CT molecular complexity index is 401. The van der Waals surface area contributed by atoms with Gasteiger partial charge in [-0.05, 0) is 31.2 Å². The number of fused-ring (bicyclic) bond motifs is 1. The Balaban J connectivity index is 1.64. The molecule has 1 aromatic carbocycles. The molecular formula is C15H21NO2. The molecule has 2 aliphatic rings. The van der Waals surface area contributed by atoms with Crippen LogP contribution in [0.25, 0.3) is 0 Å². The molecule has 1 aromatic rings. The molecule has 1 fully saturated rings. The predicted octanol–water partition coefficient (Wildman–Crippen LogP) is 2.31. The summed E-state index contributed by atoms with van der Waals surface area (Å²) in [6.07, 6.45) is 3.40. The number of para-hydroxylation sites is 1. The van der Waals surface area contributed by atoms with Crippen LogP contribution in [0.5, 0.6) is 5.75 Å². The molecule has 1 saturated heterocycles. The van der Waals surface area contributed by atoms with Crippen molar-refractivity contribution in [2.45, 2.75) is 31.2 Å². The third kappa shape index (κ3) is 2.38. The Hall–Kier alpha value is -1.06. The molecule has 0 amide bonds. The fraction of sp³-hybridized carbons (Fsp3) is 0.600. The van der Waals surface area contributed by atoms with Crippen LogP contribution in [0.15, 0.2) is 24.3 Å². The number of nitrogens with two attached hydrogens (primary N) is 1. The summed E-state index contributed by atoms with van der Waals surface area (Å²) in [7, 11) is 0. The van der Waals surface area contributed by atoms with Gasteiger partial charge in [0, 0.05) is 30.7 Å². The lowest BCUT2D eigenvalue weighted by molar-refractivity contribution is 0.0607. The van der Waals surface area contributed by atoms with Crippen molar-refractivity contribution in [2.24, 2.45) is 11.7 Å². The van der Waals surface area contributed by atoms with Gasteiger partial charge in [-0.2, -0.15) is 0 Å². The van der Waals surface area contributed by atoms with Crippen LogP contribution >= 0.6 is 0 Å². The number of rotatable bonds is 3. The van der Waals surface area contributed by atoms with Gasteiger partial charge in [-0.15, -0.1) is 0 Å². The molecule has 98 valence electrons. The van der Waals surface area contributed by atoms with Gasteiger partial charge in [0.05, 0.1) is 6.61 Å². The minimum Gasteiger partial charge on any atom is -0.493 e. The van der Waals surface area contributed by atoms with Gasteiger partial charge in [0.2, 0.25) is 0 Å². The quantitative estimate of drug-likeness (QED) is 0.891. The lowest BCUT2D eigenvalue weighted by Crippen LogP contribution is -2.33. The highest BCUT2D eigenvalue weighted by atomic mass is 16.5. The average Bonchev–Trinajstić information content (AvgIpc) is 2.84. The molecule has 2 aliphatic heterocycles. The van der Waals surface area contributed by atoms with E-state index in [2.05, 4.69) is 12.1 Å². The summed E-state index contributed by atoms with van der Waals surface area (Å²) in [6.45, 7) is 2.54. The van der Waals surface area contributed by atoms with E-state index in [0.29, 0.717) is 5.92 Å². The first-order valence-electron chi connectivity index (χ1n) is 6.89. The highest BCUT2D eigenvalue weighted by molar-refractivity contribution is 5.40. The maximum Gasteiger partial charge on any atom is 0.122 e. The maximum atomic E-state index is 6.40. The Kier molecular flexibility index (Phi) is 3.52. The molecule has 3 rings (SSSR count). The number of hydrogen-bond donors (Lipinski definition) is 1. The molecule has 0 radical (unpaired) electrons. The first-order chi connectivity index (χ1) is 8.84. The van der Waals surface area contributed by atoms with Crippen molar-refractivity contribution in [1.82, 2.24) is 0 Å². The second-order valence-corrected chi connectivity index (χ2v) is 5.41. The van der Waals surface area contributed by atoms with Crippen molar-refractivity contribution in [3.05, 3.63) is 29.8 Å².